The number of amides is 2. The minimum absolute atomic E-state index is 0.177. The molecule has 0 spiro atoms. The van der Waals surface area contributed by atoms with E-state index in [-0.39, 0.29) is 18.2 Å². The minimum atomic E-state index is -0.525. The van der Waals surface area contributed by atoms with Crippen molar-refractivity contribution >= 4 is 34.8 Å². The smallest absolute Gasteiger partial charge is 0.265 e. The van der Waals surface area contributed by atoms with Crippen molar-refractivity contribution in [2.24, 2.45) is 0 Å². The monoisotopic (exact) mass is 330 g/mol. The number of fused-ring (bicyclic) bond motifs is 1. The van der Waals surface area contributed by atoms with Gasteiger partial charge in [0.15, 0.2) is 6.10 Å². The van der Waals surface area contributed by atoms with E-state index in [1.807, 2.05) is 18.2 Å². The first-order valence-electron chi connectivity index (χ1n) is 7.18. The molecule has 1 heterocycles. The summed E-state index contributed by atoms with van der Waals surface area (Å²) < 4.78 is 5.47. The van der Waals surface area contributed by atoms with Gasteiger partial charge >= 0.3 is 0 Å². The Kier molecular flexibility index (Phi) is 4.21. The summed E-state index contributed by atoms with van der Waals surface area (Å²) in [7, 11) is 0. The van der Waals surface area contributed by atoms with E-state index < -0.39 is 6.10 Å². The van der Waals surface area contributed by atoms with Crippen LogP contribution >= 0.6 is 11.6 Å². The summed E-state index contributed by atoms with van der Waals surface area (Å²) in [5.74, 6) is 0.188. The van der Waals surface area contributed by atoms with Gasteiger partial charge in [0.25, 0.3) is 5.91 Å². The van der Waals surface area contributed by atoms with Gasteiger partial charge in [-0.2, -0.15) is 0 Å². The van der Waals surface area contributed by atoms with Crippen molar-refractivity contribution in [1.82, 2.24) is 0 Å². The van der Waals surface area contributed by atoms with Crippen LogP contribution in [0.4, 0.5) is 11.4 Å². The summed E-state index contributed by atoms with van der Waals surface area (Å²) in [5, 5.41) is 6.09. The maximum atomic E-state index is 12.1. The van der Waals surface area contributed by atoms with E-state index in [4.69, 9.17) is 16.3 Å². The predicted molar refractivity (Wildman–Crippen MR) is 88.9 cm³/mol. The van der Waals surface area contributed by atoms with Gasteiger partial charge in [0, 0.05) is 10.7 Å². The van der Waals surface area contributed by atoms with Crippen LogP contribution < -0.4 is 15.4 Å². The summed E-state index contributed by atoms with van der Waals surface area (Å²) in [5.41, 5.74) is 1.89. The van der Waals surface area contributed by atoms with Crippen LogP contribution in [0.1, 0.15) is 12.5 Å². The second-order valence-corrected chi connectivity index (χ2v) is 5.68. The Bertz CT molecular complexity index is 776. The van der Waals surface area contributed by atoms with E-state index in [0.717, 1.165) is 5.56 Å². The lowest BCUT2D eigenvalue weighted by Gasteiger charge is -2.23. The van der Waals surface area contributed by atoms with Gasteiger partial charge in [-0.25, -0.2) is 0 Å². The molecular weight excluding hydrogens is 316 g/mol. The van der Waals surface area contributed by atoms with E-state index in [2.05, 4.69) is 10.6 Å². The van der Waals surface area contributed by atoms with Crippen molar-refractivity contribution in [1.29, 1.82) is 0 Å². The van der Waals surface area contributed by atoms with Gasteiger partial charge in [-0.05, 0) is 36.8 Å². The Labute approximate surface area is 138 Å². The number of rotatable bonds is 3. The predicted octanol–water partition coefficient (Wildman–Crippen LogP) is 3.24. The highest BCUT2D eigenvalue weighted by atomic mass is 35.5. The topological polar surface area (TPSA) is 67.4 Å². The van der Waals surface area contributed by atoms with E-state index in [9.17, 15) is 9.59 Å². The molecule has 1 aliphatic rings. The Balaban J connectivity index is 1.71. The Morgan fingerprint density at radius 2 is 2.09 bits per heavy atom. The molecule has 118 valence electrons. The fraction of sp³-hybridized carbons (Fsp3) is 0.176. The third-order valence-corrected chi connectivity index (χ3v) is 3.87. The highest BCUT2D eigenvalue weighted by Gasteiger charge is 2.23. The molecule has 0 unspecified atom stereocenters. The molecule has 2 N–H and O–H groups in total. The molecule has 6 heteroatoms. The quantitative estimate of drug-likeness (QED) is 0.907. The van der Waals surface area contributed by atoms with Crippen LogP contribution in [0.25, 0.3) is 0 Å². The zero-order chi connectivity index (χ0) is 16.4. The fourth-order valence-electron chi connectivity index (χ4n) is 2.31. The summed E-state index contributed by atoms with van der Waals surface area (Å²) >= 11 is 6.05. The van der Waals surface area contributed by atoms with Gasteiger partial charge in [0.2, 0.25) is 5.91 Å². The molecule has 0 saturated carbocycles. The molecule has 0 fully saturated rings. The van der Waals surface area contributed by atoms with Crippen LogP contribution in [0, 0.1) is 0 Å². The summed E-state index contributed by atoms with van der Waals surface area (Å²) in [6.07, 6.45) is -0.348. The highest BCUT2D eigenvalue weighted by Crippen LogP contribution is 2.32. The van der Waals surface area contributed by atoms with Crippen LogP contribution in [0.2, 0.25) is 5.02 Å². The summed E-state index contributed by atoms with van der Waals surface area (Å²) in [6, 6.07) is 12.3. The van der Waals surface area contributed by atoms with Crippen molar-refractivity contribution in [3.8, 4) is 5.75 Å². The Morgan fingerprint density at radius 1 is 1.30 bits per heavy atom. The van der Waals surface area contributed by atoms with E-state index >= 15 is 0 Å². The molecule has 0 aromatic heterocycles. The number of hydrogen-bond acceptors (Lipinski definition) is 3. The Hall–Kier alpha value is -2.53. The van der Waals surface area contributed by atoms with Gasteiger partial charge in [-0.15, -0.1) is 0 Å². The molecular formula is C17H15ClN2O3. The number of halogens is 1. The van der Waals surface area contributed by atoms with Crippen molar-refractivity contribution in [3.05, 3.63) is 53.1 Å². The summed E-state index contributed by atoms with van der Waals surface area (Å²) in [6.45, 7) is 1.68. The van der Waals surface area contributed by atoms with Gasteiger partial charge in [-0.1, -0.05) is 29.8 Å². The lowest BCUT2D eigenvalue weighted by molar-refractivity contribution is -0.122. The van der Waals surface area contributed by atoms with Crippen molar-refractivity contribution in [3.63, 3.8) is 0 Å². The second kappa shape index (κ2) is 6.30. The maximum absolute atomic E-state index is 12.1. The fourth-order valence-corrected chi connectivity index (χ4v) is 2.51. The molecule has 0 bridgehead atoms. The van der Waals surface area contributed by atoms with Crippen LogP contribution in [-0.4, -0.2) is 17.9 Å². The second-order valence-electron chi connectivity index (χ2n) is 5.28. The molecule has 3 rings (SSSR count). The average molecular weight is 331 g/mol. The third-order valence-electron chi connectivity index (χ3n) is 3.50. The van der Waals surface area contributed by atoms with E-state index in [1.54, 1.807) is 31.2 Å². The number of carbonyl (C=O) groups is 2. The van der Waals surface area contributed by atoms with Crippen LogP contribution in [0.3, 0.4) is 0 Å². The first-order valence-corrected chi connectivity index (χ1v) is 7.55. The standard InChI is InChI=1S/C17H15ClN2O3/c1-10-17(22)20-14-9-12(6-7-15(14)23-10)19-16(21)8-11-4-2-3-5-13(11)18/h2-7,9-10H,8H2,1H3,(H,19,21)(H,20,22)/t10-/m0/s1. The first-order chi connectivity index (χ1) is 11.0. The zero-order valence-electron chi connectivity index (χ0n) is 12.4. The van der Waals surface area contributed by atoms with Gasteiger partial charge in [0.05, 0.1) is 12.1 Å². The molecule has 23 heavy (non-hydrogen) atoms. The molecule has 5 nitrogen and oxygen atoms in total. The normalized spacial score (nSPS) is 16.1. The number of hydrogen-bond donors (Lipinski definition) is 2. The Morgan fingerprint density at radius 3 is 2.87 bits per heavy atom. The molecule has 1 atom stereocenters. The zero-order valence-corrected chi connectivity index (χ0v) is 13.2. The van der Waals surface area contributed by atoms with Crippen LogP contribution in [-0.2, 0) is 16.0 Å². The van der Waals surface area contributed by atoms with Crippen molar-refractivity contribution in [2.75, 3.05) is 10.6 Å². The molecule has 0 radical (unpaired) electrons. The van der Waals surface area contributed by atoms with Gasteiger partial charge in [-0.3, -0.25) is 9.59 Å². The average Bonchev–Trinajstić information content (AvgIpc) is 2.51. The first kappa shape index (κ1) is 15.4. The number of nitrogens with one attached hydrogen (secondary N) is 2. The number of carbonyl (C=O) groups excluding carboxylic acids is 2. The molecule has 2 amide bonds. The third kappa shape index (κ3) is 3.46. The molecule has 0 aliphatic carbocycles. The lowest BCUT2D eigenvalue weighted by Crippen LogP contribution is -2.34. The van der Waals surface area contributed by atoms with Crippen LogP contribution in [0.15, 0.2) is 42.5 Å². The lowest BCUT2D eigenvalue weighted by atomic mass is 10.1. The SMILES string of the molecule is C[C@@H]1Oc2ccc(NC(=O)Cc3ccccc3Cl)cc2NC1=O. The maximum Gasteiger partial charge on any atom is 0.265 e. The summed E-state index contributed by atoms with van der Waals surface area (Å²) in [4.78, 5) is 23.8. The van der Waals surface area contributed by atoms with Gasteiger partial charge in [0.1, 0.15) is 5.75 Å². The van der Waals surface area contributed by atoms with E-state index in [0.29, 0.717) is 22.1 Å². The highest BCUT2D eigenvalue weighted by molar-refractivity contribution is 6.31. The molecule has 2 aromatic rings. The van der Waals surface area contributed by atoms with Crippen molar-refractivity contribution in [2.45, 2.75) is 19.4 Å². The van der Waals surface area contributed by atoms with Crippen LogP contribution in [0.5, 0.6) is 5.75 Å². The number of ether oxygens (including phenoxy) is 1. The molecule has 0 saturated heterocycles. The molecule has 2 aromatic carbocycles. The largest absolute Gasteiger partial charge is 0.479 e. The number of benzene rings is 2. The van der Waals surface area contributed by atoms with Gasteiger partial charge < -0.3 is 15.4 Å². The van der Waals surface area contributed by atoms with E-state index in [1.165, 1.54) is 0 Å². The number of anilines is 2. The molecule has 1 aliphatic heterocycles. The minimum Gasteiger partial charge on any atom is -0.479 e. The van der Waals surface area contributed by atoms with Crippen molar-refractivity contribution < 1.29 is 14.3 Å².